The summed E-state index contributed by atoms with van der Waals surface area (Å²) in [7, 11) is -2.81. The van der Waals surface area contributed by atoms with Gasteiger partial charge < -0.3 is 15.0 Å². The number of nitrogens with zero attached hydrogens (tertiary/aromatic N) is 3. The van der Waals surface area contributed by atoms with E-state index in [0.717, 1.165) is 48.7 Å². The molecule has 0 spiro atoms. The maximum Gasteiger partial charge on any atom is 0.271 e. The lowest BCUT2D eigenvalue weighted by Gasteiger charge is -2.33. The Labute approximate surface area is 233 Å². The molecular formula is C26H33ClN4O7S. The molecule has 3 rings (SSSR count). The van der Waals surface area contributed by atoms with Crippen LogP contribution in [0.1, 0.15) is 44.6 Å². The number of nitrogens with one attached hydrogen (secondary N) is 1. The maximum absolute atomic E-state index is 13.7. The zero-order valence-corrected chi connectivity index (χ0v) is 23.7. The SMILES string of the molecule is COc1ccc([N+](=O)[O-])cc1N(CC(=O)N(Cc1ccc(Cl)cc1)[C@@H](C)C(=O)NC1CCCCC1)S(C)(=O)=O. The molecule has 2 aromatic rings. The molecule has 1 aliphatic carbocycles. The summed E-state index contributed by atoms with van der Waals surface area (Å²) in [6, 6.07) is 9.31. The van der Waals surface area contributed by atoms with Gasteiger partial charge in [0.15, 0.2) is 0 Å². The quantitative estimate of drug-likeness (QED) is 0.314. The summed E-state index contributed by atoms with van der Waals surface area (Å²) in [5.41, 5.74) is 0.155. The van der Waals surface area contributed by atoms with E-state index in [4.69, 9.17) is 16.3 Å². The molecule has 0 heterocycles. The van der Waals surface area contributed by atoms with Gasteiger partial charge in [-0.1, -0.05) is 43.0 Å². The van der Waals surface area contributed by atoms with Crippen molar-refractivity contribution in [1.29, 1.82) is 0 Å². The van der Waals surface area contributed by atoms with Crippen LogP contribution in [-0.4, -0.2) is 62.0 Å². The molecule has 39 heavy (non-hydrogen) atoms. The van der Waals surface area contributed by atoms with Crippen molar-refractivity contribution in [2.24, 2.45) is 0 Å². The lowest BCUT2D eigenvalue weighted by atomic mass is 9.95. The van der Waals surface area contributed by atoms with E-state index >= 15 is 0 Å². The fourth-order valence-corrected chi connectivity index (χ4v) is 5.49. The van der Waals surface area contributed by atoms with E-state index in [2.05, 4.69) is 5.32 Å². The van der Waals surface area contributed by atoms with Crippen molar-refractivity contribution >= 4 is 44.8 Å². The standard InChI is InChI=1S/C26H33ClN4O7S/c1-18(26(33)28-21-7-5-4-6-8-21)29(16-19-9-11-20(27)12-10-19)25(32)17-30(39(3,36)37)23-15-22(31(34)35)13-14-24(23)38-2/h9-15,18,21H,4-8,16-17H2,1-3H3,(H,28,33)/t18-/m0/s1. The number of anilines is 1. The summed E-state index contributed by atoms with van der Waals surface area (Å²) in [5.74, 6) is -0.982. The van der Waals surface area contributed by atoms with E-state index in [1.54, 1.807) is 31.2 Å². The Morgan fingerprint density at radius 1 is 1.15 bits per heavy atom. The molecule has 0 aromatic heterocycles. The van der Waals surface area contributed by atoms with E-state index in [1.807, 2.05) is 0 Å². The molecule has 1 N–H and O–H groups in total. The van der Waals surface area contributed by atoms with E-state index in [-0.39, 0.29) is 35.6 Å². The minimum absolute atomic E-state index is 0.0128. The predicted molar refractivity (Wildman–Crippen MR) is 148 cm³/mol. The summed E-state index contributed by atoms with van der Waals surface area (Å²) in [6.45, 7) is 0.897. The third kappa shape index (κ3) is 8.06. The van der Waals surface area contributed by atoms with Gasteiger partial charge in [-0.25, -0.2) is 8.42 Å². The highest BCUT2D eigenvalue weighted by Gasteiger charge is 2.32. The molecular weight excluding hydrogens is 548 g/mol. The number of hydrogen-bond acceptors (Lipinski definition) is 7. The summed E-state index contributed by atoms with van der Waals surface area (Å²) in [6.07, 6.45) is 5.76. The van der Waals surface area contributed by atoms with Crippen LogP contribution in [0.25, 0.3) is 0 Å². The van der Waals surface area contributed by atoms with Gasteiger partial charge >= 0.3 is 0 Å². The highest BCUT2D eigenvalue weighted by Crippen LogP contribution is 2.34. The van der Waals surface area contributed by atoms with Crippen molar-refractivity contribution in [2.75, 3.05) is 24.2 Å². The fraction of sp³-hybridized carbons (Fsp3) is 0.462. The molecule has 1 aliphatic rings. The van der Waals surface area contributed by atoms with E-state index in [0.29, 0.717) is 10.6 Å². The van der Waals surface area contributed by atoms with Gasteiger partial charge in [0.05, 0.1) is 18.3 Å². The number of nitro benzene ring substituents is 1. The van der Waals surface area contributed by atoms with Crippen LogP contribution in [0.5, 0.6) is 5.75 Å². The predicted octanol–water partition coefficient (Wildman–Crippen LogP) is 3.89. The number of amides is 2. The first-order valence-electron chi connectivity index (χ1n) is 12.5. The average Bonchev–Trinajstić information content (AvgIpc) is 2.90. The first-order valence-corrected chi connectivity index (χ1v) is 14.8. The molecule has 2 aromatic carbocycles. The van der Waals surface area contributed by atoms with Crippen LogP contribution in [0, 0.1) is 10.1 Å². The molecule has 0 unspecified atom stereocenters. The number of carbonyl (C=O) groups is 2. The van der Waals surface area contributed by atoms with Crippen LogP contribution < -0.4 is 14.4 Å². The van der Waals surface area contributed by atoms with Gasteiger partial charge in [-0.3, -0.25) is 24.0 Å². The van der Waals surface area contributed by atoms with Crippen LogP contribution >= 0.6 is 11.6 Å². The topological polar surface area (TPSA) is 139 Å². The Balaban J connectivity index is 1.95. The third-order valence-corrected chi connectivity index (χ3v) is 8.08. The summed E-state index contributed by atoms with van der Waals surface area (Å²) in [4.78, 5) is 39.0. The lowest BCUT2D eigenvalue weighted by molar-refractivity contribution is -0.384. The maximum atomic E-state index is 13.7. The molecule has 0 saturated heterocycles. The second-order valence-electron chi connectivity index (χ2n) is 9.55. The van der Waals surface area contributed by atoms with Crippen LogP contribution in [0.15, 0.2) is 42.5 Å². The van der Waals surface area contributed by atoms with E-state index in [1.165, 1.54) is 24.1 Å². The molecule has 11 nitrogen and oxygen atoms in total. The summed E-state index contributed by atoms with van der Waals surface area (Å²) in [5, 5.41) is 14.9. The second-order valence-corrected chi connectivity index (χ2v) is 11.9. The number of hydrogen-bond donors (Lipinski definition) is 1. The highest BCUT2D eigenvalue weighted by molar-refractivity contribution is 7.92. The largest absolute Gasteiger partial charge is 0.495 e. The number of methoxy groups -OCH3 is 1. The lowest BCUT2D eigenvalue weighted by Crippen LogP contribution is -2.53. The Bertz CT molecular complexity index is 1300. The van der Waals surface area contributed by atoms with Crippen molar-refractivity contribution in [3.05, 3.63) is 63.2 Å². The number of non-ortho nitro benzene ring substituents is 1. The van der Waals surface area contributed by atoms with Crippen molar-refractivity contribution < 1.29 is 27.7 Å². The summed E-state index contributed by atoms with van der Waals surface area (Å²) < 4.78 is 31.7. The molecule has 2 amide bonds. The fourth-order valence-electron chi connectivity index (χ4n) is 4.52. The number of carbonyl (C=O) groups excluding carboxylic acids is 2. The van der Waals surface area contributed by atoms with Crippen LogP contribution in [0.2, 0.25) is 5.02 Å². The first-order chi connectivity index (χ1) is 18.4. The smallest absolute Gasteiger partial charge is 0.271 e. The van der Waals surface area contributed by atoms with Crippen LogP contribution in [0.3, 0.4) is 0 Å². The van der Waals surface area contributed by atoms with Crippen molar-refractivity contribution in [1.82, 2.24) is 10.2 Å². The Morgan fingerprint density at radius 3 is 2.36 bits per heavy atom. The second kappa shape index (κ2) is 13.1. The minimum Gasteiger partial charge on any atom is -0.495 e. The van der Waals surface area contributed by atoms with E-state index in [9.17, 15) is 28.1 Å². The molecule has 13 heteroatoms. The molecule has 0 aliphatic heterocycles. The zero-order chi connectivity index (χ0) is 28.7. The van der Waals surface area contributed by atoms with Crippen LogP contribution in [-0.2, 0) is 26.2 Å². The van der Waals surface area contributed by atoms with Gasteiger partial charge in [-0.2, -0.15) is 0 Å². The molecule has 212 valence electrons. The normalized spacial score (nSPS) is 14.8. The zero-order valence-electron chi connectivity index (χ0n) is 22.1. The number of halogens is 1. The molecule has 1 fully saturated rings. The van der Waals surface area contributed by atoms with Gasteiger partial charge in [0.1, 0.15) is 24.0 Å². The first kappa shape index (κ1) is 30.2. The van der Waals surface area contributed by atoms with Crippen LogP contribution in [0.4, 0.5) is 11.4 Å². The van der Waals surface area contributed by atoms with Gasteiger partial charge in [0.2, 0.25) is 21.8 Å². The molecule has 0 radical (unpaired) electrons. The highest BCUT2D eigenvalue weighted by atomic mass is 35.5. The van der Waals surface area contributed by atoms with Crippen molar-refractivity contribution in [2.45, 2.75) is 57.7 Å². The number of nitro groups is 1. The van der Waals surface area contributed by atoms with Gasteiger partial charge in [0.25, 0.3) is 5.69 Å². The average molecular weight is 581 g/mol. The molecule has 1 atom stereocenters. The molecule has 1 saturated carbocycles. The summed E-state index contributed by atoms with van der Waals surface area (Å²) >= 11 is 6.00. The van der Waals surface area contributed by atoms with Gasteiger partial charge in [0, 0.05) is 29.7 Å². The Hall–Kier alpha value is -3.38. The minimum atomic E-state index is -4.10. The number of ether oxygens (including phenoxy) is 1. The Kier molecular flexibility index (Phi) is 10.1. The van der Waals surface area contributed by atoms with Gasteiger partial charge in [-0.15, -0.1) is 0 Å². The Morgan fingerprint density at radius 2 is 1.79 bits per heavy atom. The third-order valence-electron chi connectivity index (χ3n) is 6.71. The van der Waals surface area contributed by atoms with Gasteiger partial charge in [-0.05, 0) is 43.5 Å². The number of sulfonamides is 1. The molecule has 0 bridgehead atoms. The monoisotopic (exact) mass is 580 g/mol. The number of benzene rings is 2. The van der Waals surface area contributed by atoms with Crippen molar-refractivity contribution in [3.8, 4) is 5.75 Å². The van der Waals surface area contributed by atoms with Crippen molar-refractivity contribution in [3.63, 3.8) is 0 Å². The van der Waals surface area contributed by atoms with E-state index < -0.39 is 33.4 Å². The number of rotatable bonds is 11.